The average molecular weight is 432 g/mol. The molecule has 2 unspecified atom stereocenters. The van der Waals surface area contributed by atoms with Crippen molar-refractivity contribution in [1.82, 2.24) is 10.6 Å². The number of guanidine groups is 1. The molecule has 1 amide bonds. The minimum absolute atomic E-state index is 0.0383. The van der Waals surface area contributed by atoms with Crippen LogP contribution in [0.3, 0.4) is 0 Å². The second-order valence-electron chi connectivity index (χ2n) is 8.44. The fourth-order valence-corrected chi connectivity index (χ4v) is 2.88. The molecule has 0 aliphatic rings. The van der Waals surface area contributed by atoms with Crippen molar-refractivity contribution in [2.75, 3.05) is 0 Å². The Labute approximate surface area is 182 Å². The fraction of sp³-hybridized carbons (Fsp3) is 0.391. The molecule has 2 rings (SSSR count). The lowest BCUT2D eigenvalue weighted by atomic mass is 10.0. The smallest absolute Gasteiger partial charge is 0.258 e. The highest BCUT2D eigenvalue weighted by Gasteiger charge is 2.19. The first-order chi connectivity index (χ1) is 14.5. The first kappa shape index (κ1) is 24.4. The predicted molar refractivity (Wildman–Crippen MR) is 119 cm³/mol. The van der Waals surface area contributed by atoms with Crippen LogP contribution < -0.4 is 22.1 Å². The molecule has 2 aromatic carbocycles. The number of carbonyl (C=O) groups is 1. The SMILES string of the molecule is CCc1ccc(C(N)CC(N)N=C(NC(=O)c2ccc(F)c(F)c2)NC(C)(C)C)cc1. The van der Waals surface area contributed by atoms with Crippen molar-refractivity contribution in [2.45, 2.75) is 58.3 Å². The van der Waals surface area contributed by atoms with E-state index >= 15 is 0 Å². The highest BCUT2D eigenvalue weighted by Crippen LogP contribution is 2.17. The van der Waals surface area contributed by atoms with E-state index in [1.807, 2.05) is 45.0 Å². The maximum absolute atomic E-state index is 13.5. The monoisotopic (exact) mass is 431 g/mol. The van der Waals surface area contributed by atoms with Gasteiger partial charge in [0.15, 0.2) is 17.6 Å². The summed E-state index contributed by atoms with van der Waals surface area (Å²) in [6.45, 7) is 7.74. The van der Waals surface area contributed by atoms with Gasteiger partial charge in [0.1, 0.15) is 6.17 Å². The van der Waals surface area contributed by atoms with Gasteiger partial charge >= 0.3 is 0 Å². The topological polar surface area (TPSA) is 106 Å². The Morgan fingerprint density at radius 2 is 1.71 bits per heavy atom. The molecule has 0 fully saturated rings. The van der Waals surface area contributed by atoms with Gasteiger partial charge in [0.2, 0.25) is 0 Å². The van der Waals surface area contributed by atoms with E-state index in [1.54, 1.807) is 0 Å². The highest BCUT2D eigenvalue weighted by atomic mass is 19.2. The molecule has 0 saturated carbocycles. The zero-order chi connectivity index (χ0) is 23.2. The number of halogens is 2. The van der Waals surface area contributed by atoms with Crippen LogP contribution in [0.4, 0.5) is 8.78 Å². The zero-order valence-electron chi connectivity index (χ0n) is 18.4. The Kier molecular flexibility index (Phi) is 8.24. The molecule has 2 atom stereocenters. The van der Waals surface area contributed by atoms with E-state index in [2.05, 4.69) is 22.5 Å². The lowest BCUT2D eigenvalue weighted by Gasteiger charge is -2.25. The third-order valence-corrected chi connectivity index (χ3v) is 4.51. The fourth-order valence-electron chi connectivity index (χ4n) is 2.88. The molecule has 6 N–H and O–H groups in total. The van der Waals surface area contributed by atoms with Crippen molar-refractivity contribution < 1.29 is 13.6 Å². The van der Waals surface area contributed by atoms with Crippen LogP contribution in [0.5, 0.6) is 0 Å². The summed E-state index contributed by atoms with van der Waals surface area (Å²) >= 11 is 0. The van der Waals surface area contributed by atoms with Crippen molar-refractivity contribution in [3.05, 3.63) is 70.8 Å². The highest BCUT2D eigenvalue weighted by molar-refractivity contribution is 6.05. The minimum atomic E-state index is -1.10. The van der Waals surface area contributed by atoms with Crippen LogP contribution >= 0.6 is 0 Å². The maximum atomic E-state index is 13.5. The molecule has 0 aliphatic heterocycles. The summed E-state index contributed by atoms with van der Waals surface area (Å²) < 4.78 is 26.6. The summed E-state index contributed by atoms with van der Waals surface area (Å²) in [4.78, 5) is 16.9. The Morgan fingerprint density at radius 3 is 2.26 bits per heavy atom. The van der Waals surface area contributed by atoms with Gasteiger partial charge in [-0.1, -0.05) is 31.2 Å². The molecule has 0 radical (unpaired) electrons. The number of hydrogen-bond acceptors (Lipinski definition) is 4. The van der Waals surface area contributed by atoms with Gasteiger partial charge in [0.25, 0.3) is 5.91 Å². The molecule has 6 nitrogen and oxygen atoms in total. The molecular weight excluding hydrogens is 400 g/mol. The van der Waals surface area contributed by atoms with E-state index in [0.29, 0.717) is 6.42 Å². The number of rotatable bonds is 6. The standard InChI is InChI=1S/C23H31F2N5O/c1-5-14-6-8-15(9-7-14)19(26)13-20(27)28-22(30-23(2,3)4)29-21(31)16-10-11-17(24)18(25)12-16/h6-12,19-20H,5,13,26-27H2,1-4H3,(H2,28,29,30,31). The molecule has 0 heterocycles. The molecular formula is C23H31F2N5O. The molecule has 8 heteroatoms. The van der Waals surface area contributed by atoms with Crippen molar-refractivity contribution in [3.63, 3.8) is 0 Å². The number of nitrogens with one attached hydrogen (secondary N) is 2. The van der Waals surface area contributed by atoms with Gasteiger partial charge in [-0.15, -0.1) is 0 Å². The first-order valence-electron chi connectivity index (χ1n) is 10.2. The summed E-state index contributed by atoms with van der Waals surface area (Å²) in [5.41, 5.74) is 14.1. The summed E-state index contributed by atoms with van der Waals surface area (Å²) in [6.07, 6.45) is 0.594. The second-order valence-corrected chi connectivity index (χ2v) is 8.44. The van der Waals surface area contributed by atoms with Gasteiger partial charge < -0.3 is 16.8 Å². The van der Waals surface area contributed by atoms with E-state index in [1.165, 1.54) is 11.6 Å². The lowest BCUT2D eigenvalue weighted by molar-refractivity contribution is 0.0974. The number of amides is 1. The Bertz CT molecular complexity index is 923. The predicted octanol–water partition coefficient (Wildman–Crippen LogP) is 3.38. The van der Waals surface area contributed by atoms with Crippen LogP contribution in [0.25, 0.3) is 0 Å². The molecule has 0 aliphatic carbocycles. The molecule has 31 heavy (non-hydrogen) atoms. The van der Waals surface area contributed by atoms with Gasteiger partial charge in [0.05, 0.1) is 0 Å². The zero-order valence-corrected chi connectivity index (χ0v) is 18.4. The number of nitrogens with zero attached hydrogens (tertiary/aromatic N) is 1. The van der Waals surface area contributed by atoms with Crippen molar-refractivity contribution in [1.29, 1.82) is 0 Å². The van der Waals surface area contributed by atoms with Crippen LogP contribution in [0, 0.1) is 11.6 Å². The molecule has 0 bridgehead atoms. The van der Waals surface area contributed by atoms with E-state index in [-0.39, 0.29) is 17.6 Å². The number of aliphatic imine (C=N–C) groups is 1. The van der Waals surface area contributed by atoms with Gasteiger partial charge in [-0.2, -0.15) is 0 Å². The third-order valence-electron chi connectivity index (χ3n) is 4.51. The van der Waals surface area contributed by atoms with Gasteiger partial charge in [-0.3, -0.25) is 10.1 Å². The van der Waals surface area contributed by atoms with Crippen molar-refractivity contribution in [3.8, 4) is 0 Å². The molecule has 0 aromatic heterocycles. The van der Waals surface area contributed by atoms with Gasteiger partial charge in [-0.05, 0) is 56.5 Å². The normalized spacial score (nSPS) is 14.1. The quantitative estimate of drug-likeness (QED) is 0.416. The Morgan fingerprint density at radius 1 is 1.06 bits per heavy atom. The van der Waals surface area contributed by atoms with Crippen LogP contribution in [0.2, 0.25) is 0 Å². The Balaban J connectivity index is 2.14. The second kappa shape index (κ2) is 10.5. The van der Waals surface area contributed by atoms with Crippen LogP contribution in [-0.2, 0) is 6.42 Å². The third kappa shape index (κ3) is 7.73. The van der Waals surface area contributed by atoms with Crippen LogP contribution in [0.1, 0.15) is 61.6 Å². The summed E-state index contributed by atoms with van der Waals surface area (Å²) in [5, 5.41) is 5.66. The van der Waals surface area contributed by atoms with E-state index in [0.717, 1.165) is 24.1 Å². The summed E-state index contributed by atoms with van der Waals surface area (Å²) in [7, 11) is 0. The van der Waals surface area contributed by atoms with E-state index < -0.39 is 29.2 Å². The van der Waals surface area contributed by atoms with Gasteiger partial charge in [0, 0.05) is 23.6 Å². The summed E-state index contributed by atoms with van der Waals surface area (Å²) in [6, 6.07) is 10.6. The minimum Gasteiger partial charge on any atom is -0.351 e. The molecule has 0 spiro atoms. The number of aryl methyl sites for hydroxylation is 1. The molecule has 2 aromatic rings. The molecule has 0 saturated heterocycles. The van der Waals surface area contributed by atoms with Crippen LogP contribution in [0.15, 0.2) is 47.5 Å². The number of benzene rings is 2. The van der Waals surface area contributed by atoms with E-state index in [4.69, 9.17) is 11.5 Å². The number of nitrogens with two attached hydrogens (primary N) is 2. The number of hydrogen-bond donors (Lipinski definition) is 4. The van der Waals surface area contributed by atoms with Crippen molar-refractivity contribution >= 4 is 11.9 Å². The largest absolute Gasteiger partial charge is 0.351 e. The number of carbonyl (C=O) groups excluding carboxylic acids is 1. The Hall–Kier alpha value is -2.84. The van der Waals surface area contributed by atoms with Crippen LogP contribution in [-0.4, -0.2) is 23.6 Å². The maximum Gasteiger partial charge on any atom is 0.258 e. The molecule has 168 valence electrons. The van der Waals surface area contributed by atoms with Crippen molar-refractivity contribution in [2.24, 2.45) is 16.5 Å². The first-order valence-corrected chi connectivity index (χ1v) is 10.2. The lowest BCUT2D eigenvalue weighted by Crippen LogP contribution is -2.50. The average Bonchev–Trinajstić information content (AvgIpc) is 2.68. The van der Waals surface area contributed by atoms with Gasteiger partial charge in [-0.25, -0.2) is 13.8 Å². The summed E-state index contributed by atoms with van der Waals surface area (Å²) in [5.74, 6) is -2.64. The van der Waals surface area contributed by atoms with E-state index in [9.17, 15) is 13.6 Å².